The van der Waals surface area contributed by atoms with Crippen molar-refractivity contribution in [2.75, 3.05) is 10.6 Å². The van der Waals surface area contributed by atoms with E-state index in [0.29, 0.717) is 0 Å². The van der Waals surface area contributed by atoms with Crippen LogP contribution in [0.25, 0.3) is 5.57 Å². The zero-order valence-electron chi connectivity index (χ0n) is 18.9. The molecule has 5 rings (SSSR count). The summed E-state index contributed by atoms with van der Waals surface area (Å²) in [5, 5.41) is 6.92. The standard InChI is InChI=1S/C30H26N4/c1-3-11-23(12-4-1)25-19-31-27-15-7-9-17-29(27)33-21-26(24-13-5-2-6-14-24)22-34-30-18-10-8-16-28(30)32-20-25/h1,3-5,7-22,31,34H,2,6H2. The SMILES string of the molecule is C1=CC(C2=CNc3ccccc3N=CC(c3ccccc3)=CNc3ccccc3N=C2)=CCC1. The molecule has 2 N–H and O–H groups in total. The van der Waals surface area contributed by atoms with Crippen molar-refractivity contribution < 1.29 is 0 Å². The van der Waals surface area contributed by atoms with E-state index in [1.54, 1.807) is 0 Å². The van der Waals surface area contributed by atoms with Crippen LogP contribution in [0.3, 0.4) is 0 Å². The van der Waals surface area contributed by atoms with Gasteiger partial charge in [-0.25, -0.2) is 0 Å². The molecule has 0 aromatic heterocycles. The molecule has 3 aromatic carbocycles. The fourth-order valence-corrected chi connectivity index (χ4v) is 3.85. The number of benzene rings is 3. The fourth-order valence-electron chi connectivity index (χ4n) is 3.85. The van der Waals surface area contributed by atoms with E-state index in [2.05, 4.69) is 41.0 Å². The van der Waals surface area contributed by atoms with Gasteiger partial charge in [-0.3, -0.25) is 9.98 Å². The second-order valence-electron chi connectivity index (χ2n) is 8.04. The fraction of sp³-hybridized carbons (Fsp3) is 0.0667. The van der Waals surface area contributed by atoms with Crippen LogP contribution in [-0.4, -0.2) is 12.4 Å². The predicted molar refractivity (Wildman–Crippen MR) is 145 cm³/mol. The topological polar surface area (TPSA) is 48.8 Å². The molecule has 0 unspecified atom stereocenters. The summed E-state index contributed by atoms with van der Waals surface area (Å²) in [6, 6.07) is 26.4. The molecule has 0 atom stereocenters. The number of rotatable bonds is 2. The zero-order chi connectivity index (χ0) is 23.0. The van der Waals surface area contributed by atoms with Gasteiger partial charge < -0.3 is 10.6 Å². The third-order valence-electron chi connectivity index (χ3n) is 5.70. The third-order valence-corrected chi connectivity index (χ3v) is 5.70. The molecule has 1 aliphatic carbocycles. The lowest BCUT2D eigenvalue weighted by atomic mass is 10.0. The molecule has 166 valence electrons. The number of allylic oxidation sites excluding steroid dienone is 6. The van der Waals surface area contributed by atoms with E-state index in [1.165, 1.54) is 0 Å². The highest BCUT2D eigenvalue weighted by molar-refractivity contribution is 6.11. The van der Waals surface area contributed by atoms with Crippen LogP contribution < -0.4 is 10.6 Å². The van der Waals surface area contributed by atoms with Gasteiger partial charge in [0, 0.05) is 36.0 Å². The van der Waals surface area contributed by atoms with Gasteiger partial charge in [0.1, 0.15) is 0 Å². The summed E-state index contributed by atoms with van der Waals surface area (Å²) in [6.45, 7) is 0. The third kappa shape index (κ3) is 5.13. The smallest absolute Gasteiger partial charge is 0.0864 e. The molecule has 3 aromatic rings. The van der Waals surface area contributed by atoms with Gasteiger partial charge in [0.15, 0.2) is 0 Å². The molecule has 0 radical (unpaired) electrons. The van der Waals surface area contributed by atoms with E-state index in [4.69, 9.17) is 9.98 Å². The molecule has 0 bridgehead atoms. The Balaban J connectivity index is 1.62. The van der Waals surface area contributed by atoms with Crippen molar-refractivity contribution in [3.63, 3.8) is 0 Å². The van der Waals surface area contributed by atoms with Gasteiger partial charge in [-0.05, 0) is 48.2 Å². The molecule has 0 saturated heterocycles. The summed E-state index contributed by atoms with van der Waals surface area (Å²) in [7, 11) is 0. The number of nitrogens with one attached hydrogen (secondary N) is 2. The van der Waals surface area contributed by atoms with Crippen LogP contribution in [0.4, 0.5) is 22.7 Å². The van der Waals surface area contributed by atoms with Crippen LogP contribution in [0, 0.1) is 0 Å². The zero-order valence-corrected chi connectivity index (χ0v) is 18.9. The second kappa shape index (κ2) is 10.5. The van der Waals surface area contributed by atoms with Crippen LogP contribution in [0.1, 0.15) is 18.4 Å². The van der Waals surface area contributed by atoms with E-state index >= 15 is 0 Å². The lowest BCUT2D eigenvalue weighted by Crippen LogP contribution is -1.99. The van der Waals surface area contributed by atoms with Crippen LogP contribution in [-0.2, 0) is 0 Å². The minimum atomic E-state index is 0.863. The van der Waals surface area contributed by atoms with E-state index in [1.807, 2.05) is 91.6 Å². The van der Waals surface area contributed by atoms with Crippen LogP contribution in [0.5, 0.6) is 0 Å². The Morgan fingerprint density at radius 3 is 1.79 bits per heavy atom. The maximum atomic E-state index is 4.85. The molecule has 0 spiro atoms. The van der Waals surface area contributed by atoms with E-state index < -0.39 is 0 Å². The Kier molecular flexibility index (Phi) is 6.58. The summed E-state index contributed by atoms with van der Waals surface area (Å²) in [6.07, 6.45) is 16.5. The predicted octanol–water partition coefficient (Wildman–Crippen LogP) is 7.83. The minimum absolute atomic E-state index is 0.863. The van der Waals surface area contributed by atoms with Crippen LogP contribution >= 0.6 is 0 Å². The van der Waals surface area contributed by atoms with Crippen molar-refractivity contribution in [3.05, 3.63) is 126 Å². The van der Waals surface area contributed by atoms with E-state index in [0.717, 1.165) is 57.9 Å². The molecule has 1 aliphatic heterocycles. The lowest BCUT2D eigenvalue weighted by molar-refractivity contribution is 1.02. The Hall–Kier alpha value is -4.44. The molecule has 4 nitrogen and oxygen atoms in total. The number of hydrogen-bond donors (Lipinski definition) is 2. The first kappa shape index (κ1) is 21.4. The van der Waals surface area contributed by atoms with Gasteiger partial charge >= 0.3 is 0 Å². The Morgan fingerprint density at radius 2 is 1.15 bits per heavy atom. The van der Waals surface area contributed by atoms with Gasteiger partial charge in [0.05, 0.1) is 22.7 Å². The number of fused-ring (bicyclic) bond motifs is 2. The van der Waals surface area contributed by atoms with Gasteiger partial charge in [0.25, 0.3) is 0 Å². The van der Waals surface area contributed by atoms with Crippen LogP contribution in [0.15, 0.2) is 131 Å². The van der Waals surface area contributed by atoms with E-state index in [9.17, 15) is 0 Å². The molecular weight excluding hydrogens is 416 g/mol. The molecule has 1 heterocycles. The first-order chi connectivity index (χ1) is 16.9. The Labute approximate surface area is 200 Å². The molecule has 4 heteroatoms. The summed E-state index contributed by atoms with van der Waals surface area (Å²) in [4.78, 5) is 9.69. The van der Waals surface area contributed by atoms with Crippen molar-refractivity contribution >= 4 is 40.8 Å². The second-order valence-corrected chi connectivity index (χ2v) is 8.04. The van der Waals surface area contributed by atoms with Crippen molar-refractivity contribution in [2.24, 2.45) is 9.98 Å². The van der Waals surface area contributed by atoms with Crippen molar-refractivity contribution in [3.8, 4) is 0 Å². The quantitative estimate of drug-likeness (QED) is 0.425. The Bertz CT molecular complexity index is 1340. The lowest BCUT2D eigenvalue weighted by Gasteiger charge is -2.12. The van der Waals surface area contributed by atoms with Gasteiger partial charge in [0.2, 0.25) is 0 Å². The highest BCUT2D eigenvalue weighted by atomic mass is 14.9. The van der Waals surface area contributed by atoms with Crippen molar-refractivity contribution in [2.45, 2.75) is 12.8 Å². The van der Waals surface area contributed by atoms with Crippen LogP contribution in [0.2, 0.25) is 0 Å². The number of aliphatic imine (C=N–C) groups is 2. The summed E-state index contributed by atoms with van der Waals surface area (Å²) < 4.78 is 0. The number of para-hydroxylation sites is 4. The Morgan fingerprint density at radius 1 is 0.559 bits per heavy atom. The maximum Gasteiger partial charge on any atom is 0.0864 e. The average molecular weight is 443 g/mol. The highest BCUT2D eigenvalue weighted by Crippen LogP contribution is 2.29. The van der Waals surface area contributed by atoms with Crippen molar-refractivity contribution in [1.82, 2.24) is 0 Å². The summed E-state index contributed by atoms with van der Waals surface area (Å²) >= 11 is 0. The largest absolute Gasteiger partial charge is 0.359 e. The molecule has 34 heavy (non-hydrogen) atoms. The number of nitrogens with zero attached hydrogens (tertiary/aromatic N) is 2. The number of hydrogen-bond acceptors (Lipinski definition) is 4. The van der Waals surface area contributed by atoms with E-state index in [-0.39, 0.29) is 0 Å². The van der Waals surface area contributed by atoms with Crippen molar-refractivity contribution in [1.29, 1.82) is 0 Å². The normalized spacial score (nSPS) is 15.5. The number of anilines is 2. The molecule has 0 saturated carbocycles. The first-order valence-electron chi connectivity index (χ1n) is 11.5. The molecule has 0 amide bonds. The summed E-state index contributed by atoms with van der Waals surface area (Å²) in [5.74, 6) is 0. The van der Waals surface area contributed by atoms with Gasteiger partial charge in [-0.2, -0.15) is 0 Å². The molecule has 2 aliphatic rings. The first-order valence-corrected chi connectivity index (χ1v) is 11.5. The minimum Gasteiger partial charge on any atom is -0.359 e. The summed E-state index contributed by atoms with van der Waals surface area (Å²) in [5.41, 5.74) is 7.82. The van der Waals surface area contributed by atoms with Gasteiger partial charge in [-0.15, -0.1) is 0 Å². The maximum absolute atomic E-state index is 4.85. The molecular formula is C30H26N4. The highest BCUT2D eigenvalue weighted by Gasteiger charge is 2.07. The average Bonchev–Trinajstić information content (AvgIpc) is 2.90. The molecule has 0 fully saturated rings. The van der Waals surface area contributed by atoms with Gasteiger partial charge in [-0.1, -0.05) is 72.8 Å². The monoisotopic (exact) mass is 442 g/mol.